The minimum Gasteiger partial charge on any atom is -0.438 e. The molecule has 0 radical (unpaired) electrons. The molecule has 9 nitrogen and oxygen atoms in total. The molecule has 0 saturated carbocycles. The summed E-state index contributed by atoms with van der Waals surface area (Å²) in [5.74, 6) is 2.46. The van der Waals surface area contributed by atoms with Crippen molar-refractivity contribution in [2.75, 3.05) is 25.5 Å². The molecule has 170 valence electrons. The number of nitriles is 1. The molecule has 5 rings (SSSR count). The summed E-state index contributed by atoms with van der Waals surface area (Å²) in [5, 5.41) is 17.4. The Kier molecular flexibility index (Phi) is 5.65. The molecule has 0 unspecified atom stereocenters. The van der Waals surface area contributed by atoms with E-state index in [-0.39, 0.29) is 0 Å². The van der Waals surface area contributed by atoms with Gasteiger partial charge in [0.15, 0.2) is 5.82 Å². The van der Waals surface area contributed by atoms with Crippen molar-refractivity contribution in [1.82, 2.24) is 30.0 Å². The van der Waals surface area contributed by atoms with E-state index in [1.807, 2.05) is 56.4 Å². The average Bonchev–Trinajstić information content (AvgIpc) is 3.23. The smallest absolute Gasteiger partial charge is 0.218 e. The number of hydrogen-bond donors (Lipinski definition) is 1. The number of ether oxygens (including phenoxy) is 1. The summed E-state index contributed by atoms with van der Waals surface area (Å²) in [7, 11) is 5.76. The van der Waals surface area contributed by atoms with Crippen molar-refractivity contribution in [3.05, 3.63) is 65.5 Å². The largest absolute Gasteiger partial charge is 0.438 e. The first-order valence-corrected chi connectivity index (χ1v) is 11.0. The monoisotopic (exact) mass is 452 g/mol. The number of nitrogens with one attached hydrogen (secondary N) is 1. The van der Waals surface area contributed by atoms with Crippen molar-refractivity contribution >= 4 is 5.82 Å². The number of hydrogen-bond acceptors (Lipinski definition) is 8. The van der Waals surface area contributed by atoms with Gasteiger partial charge in [-0.1, -0.05) is 6.07 Å². The third-order valence-corrected chi connectivity index (χ3v) is 5.67. The molecule has 0 spiro atoms. The van der Waals surface area contributed by atoms with E-state index in [1.54, 1.807) is 23.0 Å². The van der Waals surface area contributed by atoms with E-state index >= 15 is 0 Å². The van der Waals surface area contributed by atoms with Crippen LogP contribution < -0.4 is 15.0 Å². The van der Waals surface area contributed by atoms with Gasteiger partial charge in [0.2, 0.25) is 5.88 Å². The van der Waals surface area contributed by atoms with Crippen LogP contribution in [0, 0.1) is 11.3 Å². The second-order valence-corrected chi connectivity index (χ2v) is 8.25. The Labute approximate surface area is 197 Å². The fourth-order valence-corrected chi connectivity index (χ4v) is 3.97. The number of anilines is 1. The van der Waals surface area contributed by atoms with Crippen LogP contribution in [0.25, 0.3) is 22.8 Å². The molecule has 3 aromatic heterocycles. The van der Waals surface area contributed by atoms with Crippen LogP contribution in [0.5, 0.6) is 11.6 Å². The molecular formula is C25H24N8O. The highest BCUT2D eigenvalue weighted by Gasteiger charge is 2.22. The Hall–Kier alpha value is -4.29. The molecule has 4 heterocycles. The molecule has 0 bridgehead atoms. The number of aromatic nitrogens is 5. The first kappa shape index (κ1) is 21.6. The molecule has 1 aliphatic heterocycles. The highest BCUT2D eigenvalue weighted by Crippen LogP contribution is 2.35. The van der Waals surface area contributed by atoms with Crippen molar-refractivity contribution in [2.45, 2.75) is 13.0 Å². The van der Waals surface area contributed by atoms with Gasteiger partial charge in [0, 0.05) is 58.5 Å². The molecule has 1 aliphatic rings. The fraction of sp³-hybridized carbons (Fsp3) is 0.240. The lowest BCUT2D eigenvalue weighted by Gasteiger charge is -2.24. The molecule has 9 heteroatoms. The van der Waals surface area contributed by atoms with E-state index in [1.165, 1.54) is 0 Å². The fourth-order valence-electron chi connectivity index (χ4n) is 3.97. The summed E-state index contributed by atoms with van der Waals surface area (Å²) < 4.78 is 7.95. The summed E-state index contributed by atoms with van der Waals surface area (Å²) in [6.45, 7) is 1.61. The standard InChI is InChI=1S/C25H24N8O/c1-32(2)25-18-15-27-11-9-19(18)29-24(30-25)17-8-7-16(14-26)12-22(17)34-23-13-21(31-33(23)3)20-6-4-5-10-28-20/h4-8,10,12-13,27H,9,11,15H2,1-3H3. The Morgan fingerprint density at radius 1 is 1.12 bits per heavy atom. The minimum atomic E-state index is 0.487. The van der Waals surface area contributed by atoms with Crippen LogP contribution in [-0.2, 0) is 20.0 Å². The zero-order valence-electron chi connectivity index (χ0n) is 19.3. The van der Waals surface area contributed by atoms with Crippen molar-refractivity contribution < 1.29 is 4.74 Å². The summed E-state index contributed by atoms with van der Waals surface area (Å²) in [5.41, 5.74) is 4.79. The predicted molar refractivity (Wildman–Crippen MR) is 128 cm³/mol. The van der Waals surface area contributed by atoms with E-state index in [0.717, 1.165) is 42.3 Å². The Balaban J connectivity index is 1.59. The highest BCUT2D eigenvalue weighted by molar-refractivity contribution is 5.69. The van der Waals surface area contributed by atoms with E-state index in [9.17, 15) is 5.26 Å². The van der Waals surface area contributed by atoms with E-state index in [0.29, 0.717) is 34.3 Å². The lowest BCUT2D eigenvalue weighted by Crippen LogP contribution is -2.28. The quantitative estimate of drug-likeness (QED) is 0.492. The van der Waals surface area contributed by atoms with Crippen molar-refractivity contribution in [2.24, 2.45) is 7.05 Å². The van der Waals surface area contributed by atoms with Crippen molar-refractivity contribution in [3.8, 4) is 40.5 Å². The van der Waals surface area contributed by atoms with Gasteiger partial charge in [-0.25, -0.2) is 14.6 Å². The van der Waals surface area contributed by atoms with Crippen LogP contribution >= 0.6 is 0 Å². The van der Waals surface area contributed by atoms with E-state index < -0.39 is 0 Å². The predicted octanol–water partition coefficient (Wildman–Crippen LogP) is 3.31. The van der Waals surface area contributed by atoms with Gasteiger partial charge < -0.3 is 15.0 Å². The maximum atomic E-state index is 9.50. The number of nitrogens with zero attached hydrogens (tertiary/aromatic N) is 7. The number of rotatable bonds is 5. The van der Waals surface area contributed by atoms with Crippen LogP contribution in [-0.4, -0.2) is 45.4 Å². The number of benzene rings is 1. The molecule has 1 aromatic carbocycles. The lowest BCUT2D eigenvalue weighted by atomic mass is 10.1. The van der Waals surface area contributed by atoms with E-state index in [4.69, 9.17) is 14.7 Å². The van der Waals surface area contributed by atoms with Crippen molar-refractivity contribution in [3.63, 3.8) is 0 Å². The summed E-state index contributed by atoms with van der Waals surface area (Å²) in [4.78, 5) is 16.1. The van der Waals surface area contributed by atoms with Gasteiger partial charge in [-0.15, -0.1) is 0 Å². The molecule has 34 heavy (non-hydrogen) atoms. The zero-order chi connectivity index (χ0) is 23.7. The van der Waals surface area contributed by atoms with Gasteiger partial charge in [0.1, 0.15) is 17.3 Å². The van der Waals surface area contributed by atoms with Crippen LogP contribution in [0.1, 0.15) is 16.8 Å². The first-order chi connectivity index (χ1) is 16.5. The van der Waals surface area contributed by atoms with E-state index in [2.05, 4.69) is 21.5 Å². The van der Waals surface area contributed by atoms with Gasteiger partial charge in [-0.3, -0.25) is 4.98 Å². The average molecular weight is 453 g/mol. The van der Waals surface area contributed by atoms with Gasteiger partial charge in [-0.2, -0.15) is 10.4 Å². The second kappa shape index (κ2) is 8.92. The Morgan fingerprint density at radius 3 is 2.76 bits per heavy atom. The lowest BCUT2D eigenvalue weighted by molar-refractivity contribution is 0.432. The van der Waals surface area contributed by atoms with Crippen LogP contribution in [0.4, 0.5) is 5.82 Å². The summed E-state index contributed by atoms with van der Waals surface area (Å²) >= 11 is 0. The summed E-state index contributed by atoms with van der Waals surface area (Å²) in [6, 6.07) is 15.0. The third-order valence-electron chi connectivity index (χ3n) is 5.67. The van der Waals surface area contributed by atoms with Crippen LogP contribution in [0.3, 0.4) is 0 Å². The number of pyridine rings is 1. The molecule has 4 aromatic rings. The zero-order valence-corrected chi connectivity index (χ0v) is 19.3. The molecular weight excluding hydrogens is 428 g/mol. The highest BCUT2D eigenvalue weighted by atomic mass is 16.5. The maximum absolute atomic E-state index is 9.50. The molecule has 0 atom stereocenters. The number of fused-ring (bicyclic) bond motifs is 1. The molecule has 0 saturated heterocycles. The topological polar surface area (TPSA) is 105 Å². The molecule has 0 amide bonds. The van der Waals surface area contributed by atoms with Crippen LogP contribution in [0.2, 0.25) is 0 Å². The molecule has 0 fully saturated rings. The van der Waals surface area contributed by atoms with Gasteiger partial charge in [0.25, 0.3) is 0 Å². The normalized spacial score (nSPS) is 12.6. The molecule has 0 aliphatic carbocycles. The van der Waals surface area contributed by atoms with Gasteiger partial charge in [0.05, 0.1) is 28.6 Å². The summed E-state index contributed by atoms with van der Waals surface area (Å²) in [6.07, 6.45) is 2.55. The first-order valence-electron chi connectivity index (χ1n) is 11.0. The third kappa shape index (κ3) is 4.07. The molecule has 1 N–H and O–H groups in total. The minimum absolute atomic E-state index is 0.487. The number of aryl methyl sites for hydroxylation is 1. The second-order valence-electron chi connectivity index (χ2n) is 8.25. The van der Waals surface area contributed by atoms with Gasteiger partial charge >= 0.3 is 0 Å². The maximum Gasteiger partial charge on any atom is 0.218 e. The Bertz CT molecular complexity index is 1390. The van der Waals surface area contributed by atoms with Crippen LogP contribution in [0.15, 0.2) is 48.7 Å². The van der Waals surface area contributed by atoms with Crippen molar-refractivity contribution in [1.29, 1.82) is 5.26 Å². The SMILES string of the molecule is CN(C)c1nc(-c2ccc(C#N)cc2Oc2cc(-c3ccccn3)nn2C)nc2c1CNCC2. The van der Waals surface area contributed by atoms with Gasteiger partial charge in [-0.05, 0) is 30.3 Å². The Morgan fingerprint density at radius 2 is 2.00 bits per heavy atom.